The lowest BCUT2D eigenvalue weighted by Crippen LogP contribution is -2.49. The summed E-state index contributed by atoms with van der Waals surface area (Å²) >= 11 is 0. The summed E-state index contributed by atoms with van der Waals surface area (Å²) in [4.78, 5) is 25.3. The molecule has 11 heteroatoms. The Labute approximate surface area is 191 Å². The number of piperazine rings is 1. The summed E-state index contributed by atoms with van der Waals surface area (Å²) in [6.45, 7) is 4.00. The lowest BCUT2D eigenvalue weighted by Gasteiger charge is -2.34. The van der Waals surface area contributed by atoms with Crippen LogP contribution in [0.4, 0.5) is 10.6 Å². The zero-order valence-corrected chi connectivity index (χ0v) is 18.8. The second-order valence-corrected chi connectivity index (χ2v) is 7.37. The molecule has 0 spiro atoms. The van der Waals surface area contributed by atoms with Gasteiger partial charge in [0.15, 0.2) is 5.65 Å². The quantitative estimate of drug-likeness (QED) is 0.445. The summed E-state index contributed by atoms with van der Waals surface area (Å²) in [6.07, 6.45) is 5.01. The fraction of sp³-hybridized carbons (Fsp3) is 0.455. The zero-order chi connectivity index (χ0) is 23.0. The maximum absolute atomic E-state index is 12.3. The van der Waals surface area contributed by atoms with Crippen molar-refractivity contribution in [1.82, 2.24) is 24.5 Å². The van der Waals surface area contributed by atoms with Crippen molar-refractivity contribution < 1.29 is 23.7 Å². The number of carbonyl (C=O) groups is 1. The maximum Gasteiger partial charge on any atom is 0.409 e. The Kier molecular flexibility index (Phi) is 7.53. The third-order valence-corrected chi connectivity index (χ3v) is 5.36. The van der Waals surface area contributed by atoms with Crippen LogP contribution in [0.3, 0.4) is 0 Å². The SMILES string of the molecule is COCCOCCOC(=O)N1CCN(c2ccn3ncc(-c4cccnc4OC)c3n2)CC1. The highest BCUT2D eigenvalue weighted by Gasteiger charge is 2.23. The Balaban J connectivity index is 1.37. The van der Waals surface area contributed by atoms with Crippen molar-refractivity contribution >= 4 is 17.6 Å². The second-order valence-electron chi connectivity index (χ2n) is 7.37. The Hall–Kier alpha value is -3.44. The fourth-order valence-electron chi connectivity index (χ4n) is 3.63. The van der Waals surface area contributed by atoms with E-state index in [1.165, 1.54) is 0 Å². The standard InChI is InChI=1S/C22H28N6O5/c1-30-12-13-32-14-15-33-22(29)27-10-8-26(9-11-27)19-5-7-28-20(25-19)18(16-24-28)17-4-3-6-23-21(17)31-2/h3-7,16H,8-15H2,1-2H3. The number of hydrogen-bond acceptors (Lipinski definition) is 9. The van der Waals surface area contributed by atoms with Gasteiger partial charge in [0, 0.05) is 51.2 Å². The maximum atomic E-state index is 12.3. The lowest BCUT2D eigenvalue weighted by atomic mass is 10.1. The van der Waals surface area contributed by atoms with Crippen molar-refractivity contribution in [2.75, 3.05) is 71.7 Å². The molecule has 1 aliphatic heterocycles. The van der Waals surface area contributed by atoms with Gasteiger partial charge in [-0.3, -0.25) is 0 Å². The van der Waals surface area contributed by atoms with Gasteiger partial charge in [0.2, 0.25) is 5.88 Å². The molecule has 4 rings (SSSR count). The topological polar surface area (TPSA) is 104 Å². The van der Waals surface area contributed by atoms with Crippen LogP contribution in [0.15, 0.2) is 36.8 Å². The first-order valence-corrected chi connectivity index (χ1v) is 10.8. The fourth-order valence-corrected chi connectivity index (χ4v) is 3.63. The normalized spacial score (nSPS) is 14.0. The Morgan fingerprint density at radius 1 is 1.03 bits per heavy atom. The monoisotopic (exact) mass is 456 g/mol. The van der Waals surface area contributed by atoms with E-state index in [0.717, 1.165) is 16.9 Å². The van der Waals surface area contributed by atoms with E-state index in [9.17, 15) is 4.79 Å². The van der Waals surface area contributed by atoms with E-state index >= 15 is 0 Å². The molecule has 176 valence electrons. The molecule has 0 bridgehead atoms. The predicted octanol–water partition coefficient (Wildman–Crippen LogP) is 1.72. The van der Waals surface area contributed by atoms with Gasteiger partial charge in [-0.25, -0.2) is 19.3 Å². The first kappa shape index (κ1) is 22.7. The molecule has 3 aromatic heterocycles. The molecule has 0 saturated carbocycles. The Morgan fingerprint density at radius 2 is 1.85 bits per heavy atom. The first-order chi connectivity index (χ1) is 16.2. The van der Waals surface area contributed by atoms with Crippen LogP contribution in [0, 0.1) is 0 Å². The van der Waals surface area contributed by atoms with Crippen molar-refractivity contribution in [2.24, 2.45) is 0 Å². The highest BCUT2D eigenvalue weighted by molar-refractivity contribution is 5.80. The van der Waals surface area contributed by atoms with Crippen LogP contribution >= 0.6 is 0 Å². The minimum Gasteiger partial charge on any atom is -0.481 e. The van der Waals surface area contributed by atoms with E-state index < -0.39 is 0 Å². The van der Waals surface area contributed by atoms with Crippen LogP contribution in [0.5, 0.6) is 5.88 Å². The molecule has 0 N–H and O–H groups in total. The van der Waals surface area contributed by atoms with Crippen LogP contribution < -0.4 is 9.64 Å². The highest BCUT2D eigenvalue weighted by atomic mass is 16.6. The molecule has 1 saturated heterocycles. The van der Waals surface area contributed by atoms with Crippen LogP contribution in [0.2, 0.25) is 0 Å². The largest absolute Gasteiger partial charge is 0.481 e. The van der Waals surface area contributed by atoms with Gasteiger partial charge < -0.3 is 28.7 Å². The van der Waals surface area contributed by atoms with E-state index in [1.54, 1.807) is 36.0 Å². The van der Waals surface area contributed by atoms with Gasteiger partial charge >= 0.3 is 6.09 Å². The molecule has 3 aromatic rings. The summed E-state index contributed by atoms with van der Waals surface area (Å²) < 4.78 is 22.6. The molecule has 0 aliphatic carbocycles. The van der Waals surface area contributed by atoms with Gasteiger partial charge in [0.25, 0.3) is 0 Å². The number of hydrogen-bond donors (Lipinski definition) is 0. The smallest absolute Gasteiger partial charge is 0.409 e. The van der Waals surface area contributed by atoms with Crippen LogP contribution in [0.25, 0.3) is 16.8 Å². The third kappa shape index (κ3) is 5.32. The number of nitrogens with zero attached hydrogens (tertiary/aromatic N) is 6. The number of pyridine rings is 1. The average molecular weight is 457 g/mol. The molecule has 4 heterocycles. The van der Waals surface area contributed by atoms with Crippen LogP contribution in [0.1, 0.15) is 0 Å². The minimum absolute atomic E-state index is 0.225. The van der Waals surface area contributed by atoms with Crippen molar-refractivity contribution in [3.05, 3.63) is 36.8 Å². The van der Waals surface area contributed by atoms with Gasteiger partial charge in [0.05, 0.1) is 38.7 Å². The Morgan fingerprint density at radius 3 is 2.64 bits per heavy atom. The number of methoxy groups -OCH3 is 2. The molecule has 33 heavy (non-hydrogen) atoms. The van der Waals surface area contributed by atoms with Gasteiger partial charge in [-0.15, -0.1) is 0 Å². The van der Waals surface area contributed by atoms with Crippen molar-refractivity contribution in [1.29, 1.82) is 0 Å². The number of anilines is 1. The summed E-state index contributed by atoms with van der Waals surface area (Å²) in [5, 5.41) is 4.41. The number of ether oxygens (including phenoxy) is 4. The molecule has 0 atom stereocenters. The molecule has 1 fully saturated rings. The van der Waals surface area contributed by atoms with Crippen molar-refractivity contribution in [3.63, 3.8) is 0 Å². The number of fused-ring (bicyclic) bond motifs is 1. The summed E-state index contributed by atoms with van der Waals surface area (Å²) in [7, 11) is 3.21. The van der Waals surface area contributed by atoms with E-state index in [4.69, 9.17) is 23.9 Å². The summed E-state index contributed by atoms with van der Waals surface area (Å²) in [6, 6.07) is 5.72. The third-order valence-electron chi connectivity index (χ3n) is 5.36. The number of amides is 1. The van der Waals surface area contributed by atoms with Crippen LogP contribution in [-0.4, -0.2) is 97.4 Å². The molecule has 1 amide bonds. The summed E-state index contributed by atoms with van der Waals surface area (Å²) in [5.74, 6) is 1.35. The van der Waals surface area contributed by atoms with Gasteiger partial charge in [-0.2, -0.15) is 5.10 Å². The first-order valence-electron chi connectivity index (χ1n) is 10.8. The lowest BCUT2D eigenvalue weighted by molar-refractivity contribution is 0.0327. The average Bonchev–Trinajstić information content (AvgIpc) is 3.29. The number of rotatable bonds is 9. The molecule has 0 aromatic carbocycles. The van der Waals surface area contributed by atoms with Gasteiger partial charge in [0.1, 0.15) is 12.4 Å². The molecular formula is C22H28N6O5. The zero-order valence-electron chi connectivity index (χ0n) is 18.8. The van der Waals surface area contributed by atoms with Crippen LogP contribution in [-0.2, 0) is 14.2 Å². The minimum atomic E-state index is -0.324. The molecule has 1 aliphatic rings. The van der Waals surface area contributed by atoms with E-state index in [-0.39, 0.29) is 12.7 Å². The molecule has 0 radical (unpaired) electrons. The van der Waals surface area contributed by atoms with Gasteiger partial charge in [-0.1, -0.05) is 0 Å². The predicted molar refractivity (Wildman–Crippen MR) is 121 cm³/mol. The summed E-state index contributed by atoms with van der Waals surface area (Å²) in [5.41, 5.74) is 2.39. The van der Waals surface area contributed by atoms with Gasteiger partial charge in [-0.05, 0) is 18.2 Å². The molecular weight excluding hydrogens is 428 g/mol. The van der Waals surface area contributed by atoms with E-state index in [2.05, 4.69) is 15.0 Å². The van der Waals surface area contributed by atoms with E-state index in [1.807, 2.05) is 24.4 Å². The van der Waals surface area contributed by atoms with Crippen molar-refractivity contribution in [2.45, 2.75) is 0 Å². The molecule has 0 unspecified atom stereocenters. The molecule has 11 nitrogen and oxygen atoms in total. The second kappa shape index (κ2) is 10.9. The van der Waals surface area contributed by atoms with Crippen molar-refractivity contribution in [3.8, 4) is 17.0 Å². The van der Waals surface area contributed by atoms with E-state index in [0.29, 0.717) is 57.5 Å². The highest BCUT2D eigenvalue weighted by Crippen LogP contribution is 2.31. The number of aromatic nitrogens is 4. The number of carbonyl (C=O) groups excluding carboxylic acids is 1. The Bertz CT molecular complexity index is 1070.